The summed E-state index contributed by atoms with van der Waals surface area (Å²) in [5.41, 5.74) is 0. The Morgan fingerprint density at radius 3 is 2.67 bits per heavy atom. The zero-order chi connectivity index (χ0) is 8.39. The van der Waals surface area contributed by atoms with Crippen molar-refractivity contribution >= 4 is 11.8 Å². The Morgan fingerprint density at radius 1 is 1.33 bits per heavy atom. The standard InChI is InChI=1S/C9H17NOS/c1-7-6-10-9(11-7)8-2-4-12-5-3-8/h7-10H,2-6H2,1H3. The van der Waals surface area contributed by atoms with Crippen LogP contribution < -0.4 is 5.32 Å². The van der Waals surface area contributed by atoms with E-state index in [0.717, 1.165) is 12.5 Å². The maximum Gasteiger partial charge on any atom is 0.111 e. The molecule has 2 aliphatic heterocycles. The molecule has 0 bridgehead atoms. The van der Waals surface area contributed by atoms with Crippen molar-refractivity contribution < 1.29 is 4.74 Å². The Bertz CT molecular complexity index is 145. The van der Waals surface area contributed by atoms with Gasteiger partial charge in [-0.15, -0.1) is 0 Å². The predicted octanol–water partition coefficient (Wildman–Crippen LogP) is 1.46. The lowest BCUT2D eigenvalue weighted by Gasteiger charge is -2.26. The van der Waals surface area contributed by atoms with Crippen molar-refractivity contribution in [3.63, 3.8) is 0 Å². The number of hydrogen-bond acceptors (Lipinski definition) is 3. The molecule has 3 heteroatoms. The fourth-order valence-electron chi connectivity index (χ4n) is 1.92. The van der Waals surface area contributed by atoms with Crippen molar-refractivity contribution in [3.05, 3.63) is 0 Å². The lowest BCUT2D eigenvalue weighted by Crippen LogP contribution is -2.33. The van der Waals surface area contributed by atoms with Crippen LogP contribution in [0.4, 0.5) is 0 Å². The van der Waals surface area contributed by atoms with Gasteiger partial charge in [-0.1, -0.05) is 0 Å². The zero-order valence-electron chi connectivity index (χ0n) is 7.58. The molecule has 0 aromatic heterocycles. The first kappa shape index (κ1) is 8.85. The molecule has 2 rings (SSSR count). The molecule has 0 aromatic rings. The van der Waals surface area contributed by atoms with E-state index in [1.54, 1.807) is 0 Å². The predicted molar refractivity (Wildman–Crippen MR) is 52.4 cm³/mol. The van der Waals surface area contributed by atoms with Crippen molar-refractivity contribution in [1.29, 1.82) is 0 Å². The van der Waals surface area contributed by atoms with Crippen LogP contribution >= 0.6 is 11.8 Å². The number of ether oxygens (including phenoxy) is 1. The van der Waals surface area contributed by atoms with E-state index in [1.807, 2.05) is 0 Å². The summed E-state index contributed by atoms with van der Waals surface area (Å²) in [5.74, 6) is 3.41. The Balaban J connectivity index is 1.83. The highest BCUT2D eigenvalue weighted by molar-refractivity contribution is 7.99. The normalized spacial score (nSPS) is 38.8. The molecule has 0 amide bonds. The Labute approximate surface area is 78.4 Å². The van der Waals surface area contributed by atoms with Gasteiger partial charge in [0, 0.05) is 12.5 Å². The molecule has 70 valence electrons. The van der Waals surface area contributed by atoms with E-state index in [-0.39, 0.29) is 0 Å². The second-order valence-corrected chi connectivity index (χ2v) is 4.95. The number of rotatable bonds is 1. The van der Waals surface area contributed by atoms with E-state index in [1.165, 1.54) is 24.3 Å². The van der Waals surface area contributed by atoms with Gasteiger partial charge >= 0.3 is 0 Å². The highest BCUT2D eigenvalue weighted by Crippen LogP contribution is 2.27. The summed E-state index contributed by atoms with van der Waals surface area (Å²) < 4.78 is 5.78. The van der Waals surface area contributed by atoms with Crippen LogP contribution in [0.2, 0.25) is 0 Å². The summed E-state index contributed by atoms with van der Waals surface area (Å²) in [6.07, 6.45) is 3.44. The third kappa shape index (κ3) is 1.95. The molecular weight excluding hydrogens is 170 g/mol. The van der Waals surface area contributed by atoms with Gasteiger partial charge in [0.2, 0.25) is 0 Å². The summed E-state index contributed by atoms with van der Waals surface area (Å²) in [6.45, 7) is 3.18. The van der Waals surface area contributed by atoms with Crippen LogP contribution in [0.3, 0.4) is 0 Å². The minimum atomic E-state index is 0.362. The topological polar surface area (TPSA) is 21.3 Å². The number of nitrogens with one attached hydrogen (secondary N) is 1. The van der Waals surface area contributed by atoms with Crippen LogP contribution in [0.25, 0.3) is 0 Å². The molecule has 0 aliphatic carbocycles. The molecule has 2 heterocycles. The summed E-state index contributed by atoms with van der Waals surface area (Å²) >= 11 is 2.07. The smallest absolute Gasteiger partial charge is 0.111 e. The van der Waals surface area contributed by atoms with Gasteiger partial charge in [-0.2, -0.15) is 11.8 Å². The second kappa shape index (κ2) is 3.99. The summed E-state index contributed by atoms with van der Waals surface area (Å²) in [6, 6.07) is 0. The van der Waals surface area contributed by atoms with Gasteiger partial charge in [-0.3, -0.25) is 5.32 Å². The summed E-state index contributed by atoms with van der Waals surface area (Å²) in [4.78, 5) is 0. The van der Waals surface area contributed by atoms with E-state index in [4.69, 9.17) is 4.74 Å². The van der Waals surface area contributed by atoms with E-state index in [9.17, 15) is 0 Å². The molecule has 0 spiro atoms. The minimum absolute atomic E-state index is 0.362. The Hall–Kier alpha value is 0.270. The van der Waals surface area contributed by atoms with E-state index in [2.05, 4.69) is 24.0 Å². The van der Waals surface area contributed by atoms with Crippen molar-refractivity contribution in [2.24, 2.45) is 5.92 Å². The van der Waals surface area contributed by atoms with E-state index >= 15 is 0 Å². The van der Waals surface area contributed by atoms with Gasteiger partial charge in [-0.25, -0.2) is 0 Å². The molecule has 2 nitrogen and oxygen atoms in total. The van der Waals surface area contributed by atoms with Crippen LogP contribution in [0.15, 0.2) is 0 Å². The Morgan fingerprint density at radius 2 is 2.08 bits per heavy atom. The minimum Gasteiger partial charge on any atom is -0.359 e. The zero-order valence-corrected chi connectivity index (χ0v) is 8.40. The molecule has 0 saturated carbocycles. The quantitative estimate of drug-likeness (QED) is 0.671. The molecule has 2 fully saturated rings. The number of thioether (sulfide) groups is 1. The van der Waals surface area contributed by atoms with Gasteiger partial charge in [-0.05, 0) is 31.3 Å². The second-order valence-electron chi connectivity index (χ2n) is 3.73. The van der Waals surface area contributed by atoms with Crippen LogP contribution in [0, 0.1) is 5.92 Å². The monoisotopic (exact) mass is 187 g/mol. The van der Waals surface area contributed by atoms with Crippen LogP contribution in [-0.2, 0) is 4.74 Å². The van der Waals surface area contributed by atoms with Gasteiger partial charge in [0.1, 0.15) is 6.23 Å². The van der Waals surface area contributed by atoms with Gasteiger partial charge in [0.05, 0.1) is 6.10 Å². The summed E-state index contributed by atoms with van der Waals surface area (Å²) in [5, 5.41) is 3.44. The van der Waals surface area contributed by atoms with Crippen molar-refractivity contribution in [2.45, 2.75) is 32.1 Å². The molecule has 12 heavy (non-hydrogen) atoms. The SMILES string of the molecule is CC1CNC(C2CCSCC2)O1. The Kier molecular flexibility index (Phi) is 2.94. The largest absolute Gasteiger partial charge is 0.359 e. The van der Waals surface area contributed by atoms with Crippen LogP contribution in [-0.4, -0.2) is 30.4 Å². The molecule has 0 radical (unpaired) electrons. The average Bonchev–Trinajstić information content (AvgIpc) is 2.54. The third-order valence-electron chi connectivity index (χ3n) is 2.68. The first-order valence-electron chi connectivity index (χ1n) is 4.83. The lowest BCUT2D eigenvalue weighted by atomic mass is 10.0. The van der Waals surface area contributed by atoms with E-state index in [0.29, 0.717) is 12.3 Å². The molecule has 2 aliphatic rings. The van der Waals surface area contributed by atoms with Crippen molar-refractivity contribution in [1.82, 2.24) is 5.32 Å². The molecule has 2 atom stereocenters. The van der Waals surface area contributed by atoms with Gasteiger partial charge < -0.3 is 4.74 Å². The molecular formula is C9H17NOS. The lowest BCUT2D eigenvalue weighted by molar-refractivity contribution is 0.0103. The number of hydrogen-bond donors (Lipinski definition) is 1. The highest BCUT2D eigenvalue weighted by Gasteiger charge is 2.29. The molecule has 2 unspecified atom stereocenters. The fraction of sp³-hybridized carbons (Fsp3) is 1.00. The van der Waals surface area contributed by atoms with Crippen LogP contribution in [0.1, 0.15) is 19.8 Å². The van der Waals surface area contributed by atoms with Gasteiger partial charge in [0.25, 0.3) is 0 Å². The average molecular weight is 187 g/mol. The first-order chi connectivity index (χ1) is 5.86. The summed E-state index contributed by atoms with van der Waals surface area (Å²) in [7, 11) is 0. The maximum atomic E-state index is 5.78. The highest BCUT2D eigenvalue weighted by atomic mass is 32.2. The third-order valence-corrected chi connectivity index (χ3v) is 3.73. The fourth-order valence-corrected chi connectivity index (χ4v) is 3.07. The van der Waals surface area contributed by atoms with Crippen LogP contribution in [0.5, 0.6) is 0 Å². The first-order valence-corrected chi connectivity index (χ1v) is 5.98. The van der Waals surface area contributed by atoms with Gasteiger partial charge in [0.15, 0.2) is 0 Å². The van der Waals surface area contributed by atoms with E-state index < -0.39 is 0 Å². The molecule has 2 saturated heterocycles. The molecule has 0 aromatic carbocycles. The molecule has 1 N–H and O–H groups in total. The maximum absolute atomic E-state index is 5.78. The van der Waals surface area contributed by atoms with Crippen molar-refractivity contribution in [2.75, 3.05) is 18.1 Å². The van der Waals surface area contributed by atoms with Crippen molar-refractivity contribution in [3.8, 4) is 0 Å².